The van der Waals surface area contributed by atoms with Gasteiger partial charge >= 0.3 is 0 Å². The van der Waals surface area contributed by atoms with E-state index in [0.29, 0.717) is 46.3 Å². The highest BCUT2D eigenvalue weighted by atomic mass is 35.5. The lowest BCUT2D eigenvalue weighted by molar-refractivity contribution is -0.116. The largest absolute Gasteiger partial charge is 0.454 e. The van der Waals surface area contributed by atoms with Crippen LogP contribution in [0.1, 0.15) is 36.3 Å². The number of nitrogens with zero attached hydrogens (tertiary/aromatic N) is 2. The molecule has 0 bridgehead atoms. The van der Waals surface area contributed by atoms with Gasteiger partial charge in [-0.15, -0.1) is 0 Å². The Morgan fingerprint density at radius 2 is 1.97 bits per heavy atom. The first-order chi connectivity index (χ1) is 15.0. The van der Waals surface area contributed by atoms with E-state index in [9.17, 15) is 10.1 Å². The van der Waals surface area contributed by atoms with Gasteiger partial charge in [0.05, 0.1) is 17.6 Å². The van der Waals surface area contributed by atoms with E-state index in [2.05, 4.69) is 6.07 Å². The highest BCUT2D eigenvalue weighted by Crippen LogP contribution is 2.48. The van der Waals surface area contributed by atoms with Crippen LogP contribution in [0.15, 0.2) is 59.1 Å². The quantitative estimate of drug-likeness (QED) is 0.739. The van der Waals surface area contributed by atoms with Gasteiger partial charge in [0.1, 0.15) is 5.82 Å². The molecule has 2 aromatic carbocycles. The number of carbonyl (C=O) groups excluding carboxylic acids is 1. The molecule has 0 aromatic heterocycles. The molecule has 2 aliphatic heterocycles. The average Bonchev–Trinajstić information content (AvgIpc) is 3.23. The lowest BCUT2D eigenvalue weighted by atomic mass is 9.75. The fourth-order valence-electron chi connectivity index (χ4n) is 4.53. The number of nitrogens with two attached hydrogens (primary N) is 1. The third kappa shape index (κ3) is 3.05. The van der Waals surface area contributed by atoms with Gasteiger partial charge in [0.2, 0.25) is 6.79 Å². The summed E-state index contributed by atoms with van der Waals surface area (Å²) < 4.78 is 10.9. The lowest BCUT2D eigenvalue weighted by Gasteiger charge is -2.39. The summed E-state index contributed by atoms with van der Waals surface area (Å²) >= 11 is 6.38. The zero-order valence-electron chi connectivity index (χ0n) is 16.9. The molecule has 0 saturated heterocycles. The minimum atomic E-state index is -0.542. The standard InChI is InChI=1S/C24H20ClN3O3/c1-13-5-7-15(10-17(13)25)28-18-3-2-4-19(29)23(18)22(16(11-26)24(28)27)14-6-8-20-21(9-14)31-12-30-20/h5-10,22H,2-4,12,27H2,1H3/t22-/m1/s1. The van der Waals surface area contributed by atoms with Gasteiger partial charge in [-0.25, -0.2) is 0 Å². The number of fused-ring (bicyclic) bond motifs is 1. The van der Waals surface area contributed by atoms with Crippen LogP contribution in [-0.4, -0.2) is 12.6 Å². The molecule has 156 valence electrons. The molecule has 6 nitrogen and oxygen atoms in total. The SMILES string of the molecule is Cc1ccc(N2C(N)=C(C#N)[C@@H](c3ccc4c(c3)OCO4)C3=C2CCCC3=O)cc1Cl. The van der Waals surface area contributed by atoms with E-state index < -0.39 is 5.92 Å². The second-order valence-corrected chi connectivity index (χ2v) is 8.27. The van der Waals surface area contributed by atoms with Crippen molar-refractivity contribution in [1.82, 2.24) is 0 Å². The molecule has 2 aromatic rings. The smallest absolute Gasteiger partial charge is 0.231 e. The predicted molar refractivity (Wildman–Crippen MR) is 117 cm³/mol. The first-order valence-corrected chi connectivity index (χ1v) is 10.5. The number of rotatable bonds is 2. The van der Waals surface area contributed by atoms with E-state index in [-0.39, 0.29) is 12.6 Å². The van der Waals surface area contributed by atoms with Crippen LogP contribution in [0.4, 0.5) is 5.69 Å². The Hall–Kier alpha value is -3.43. The molecule has 2 N–H and O–H groups in total. The fraction of sp³-hybridized carbons (Fsp3) is 0.250. The number of anilines is 1. The molecule has 2 heterocycles. The molecule has 3 aliphatic rings. The summed E-state index contributed by atoms with van der Waals surface area (Å²) in [4.78, 5) is 15.0. The van der Waals surface area contributed by atoms with Crippen molar-refractivity contribution in [2.24, 2.45) is 5.73 Å². The van der Waals surface area contributed by atoms with Crippen molar-refractivity contribution in [1.29, 1.82) is 5.26 Å². The maximum atomic E-state index is 13.2. The summed E-state index contributed by atoms with van der Waals surface area (Å²) in [6.07, 6.45) is 1.87. The van der Waals surface area contributed by atoms with E-state index in [0.717, 1.165) is 28.9 Å². The van der Waals surface area contributed by atoms with Gasteiger partial charge in [0.15, 0.2) is 17.3 Å². The molecule has 0 radical (unpaired) electrons. The van der Waals surface area contributed by atoms with Crippen molar-refractivity contribution in [3.8, 4) is 17.6 Å². The summed E-state index contributed by atoms with van der Waals surface area (Å²) in [6.45, 7) is 2.08. The molecule has 31 heavy (non-hydrogen) atoms. The van der Waals surface area contributed by atoms with Crippen molar-refractivity contribution in [3.05, 3.63) is 75.2 Å². The monoisotopic (exact) mass is 433 g/mol. The van der Waals surface area contributed by atoms with Gasteiger partial charge in [-0.2, -0.15) is 5.26 Å². The van der Waals surface area contributed by atoms with E-state index >= 15 is 0 Å². The van der Waals surface area contributed by atoms with Gasteiger partial charge in [-0.3, -0.25) is 9.69 Å². The van der Waals surface area contributed by atoms with Crippen LogP contribution in [0.25, 0.3) is 0 Å². The van der Waals surface area contributed by atoms with Crippen LogP contribution in [0.2, 0.25) is 5.02 Å². The van der Waals surface area contributed by atoms with E-state index in [1.54, 1.807) is 0 Å². The number of benzene rings is 2. The highest BCUT2D eigenvalue weighted by Gasteiger charge is 2.40. The highest BCUT2D eigenvalue weighted by molar-refractivity contribution is 6.31. The van der Waals surface area contributed by atoms with E-state index in [4.69, 9.17) is 26.8 Å². The number of ether oxygens (including phenoxy) is 2. The number of Topliss-reactive ketones (excluding diaryl/α,β-unsaturated/α-hetero) is 1. The Balaban J connectivity index is 1.72. The number of nitriles is 1. The molecule has 1 aliphatic carbocycles. The topological polar surface area (TPSA) is 88.6 Å². The van der Waals surface area contributed by atoms with Gasteiger partial charge in [0.25, 0.3) is 0 Å². The number of ketones is 1. The molecule has 7 heteroatoms. The first kappa shape index (κ1) is 19.5. The summed E-state index contributed by atoms with van der Waals surface area (Å²) in [6, 6.07) is 13.4. The average molecular weight is 434 g/mol. The van der Waals surface area contributed by atoms with Crippen molar-refractivity contribution >= 4 is 23.1 Å². The number of aryl methyl sites for hydroxylation is 1. The Morgan fingerprint density at radius 1 is 1.16 bits per heavy atom. The molecular weight excluding hydrogens is 414 g/mol. The number of allylic oxidation sites excluding steroid dienone is 3. The van der Waals surface area contributed by atoms with E-state index in [1.165, 1.54) is 0 Å². The molecule has 0 saturated carbocycles. The minimum absolute atomic E-state index is 0.0346. The van der Waals surface area contributed by atoms with Crippen LogP contribution < -0.4 is 20.1 Å². The molecule has 1 atom stereocenters. The number of hydrogen-bond donors (Lipinski definition) is 1. The van der Waals surface area contributed by atoms with Crippen LogP contribution in [0.5, 0.6) is 11.5 Å². The van der Waals surface area contributed by atoms with Crippen molar-refractivity contribution in [2.75, 3.05) is 11.7 Å². The summed E-state index contributed by atoms with van der Waals surface area (Å²) in [7, 11) is 0. The van der Waals surface area contributed by atoms with Crippen molar-refractivity contribution in [2.45, 2.75) is 32.1 Å². The molecular formula is C24H20ClN3O3. The normalized spacial score (nSPS) is 20.1. The van der Waals surface area contributed by atoms with Gasteiger partial charge < -0.3 is 15.2 Å². The van der Waals surface area contributed by atoms with Crippen molar-refractivity contribution < 1.29 is 14.3 Å². The molecule has 0 fully saturated rings. The zero-order valence-corrected chi connectivity index (χ0v) is 17.7. The zero-order chi connectivity index (χ0) is 21.7. The first-order valence-electron chi connectivity index (χ1n) is 10.1. The molecule has 0 spiro atoms. The van der Waals surface area contributed by atoms with Crippen LogP contribution in [0, 0.1) is 18.3 Å². The summed E-state index contributed by atoms with van der Waals surface area (Å²) in [5.41, 5.74) is 10.8. The number of carbonyl (C=O) groups is 1. The van der Waals surface area contributed by atoms with Crippen LogP contribution in [0.3, 0.4) is 0 Å². The Kier molecular flexibility index (Phi) is 4.64. The third-order valence-electron chi connectivity index (χ3n) is 6.06. The molecule has 0 unspecified atom stereocenters. The minimum Gasteiger partial charge on any atom is -0.454 e. The number of hydrogen-bond acceptors (Lipinski definition) is 6. The molecule has 0 amide bonds. The maximum absolute atomic E-state index is 13.2. The molecule has 5 rings (SSSR count). The van der Waals surface area contributed by atoms with Gasteiger partial charge in [0, 0.05) is 28.4 Å². The third-order valence-corrected chi connectivity index (χ3v) is 6.46. The number of halogens is 1. The lowest BCUT2D eigenvalue weighted by Crippen LogP contribution is -2.38. The second-order valence-electron chi connectivity index (χ2n) is 7.86. The predicted octanol–water partition coefficient (Wildman–Crippen LogP) is 4.68. The van der Waals surface area contributed by atoms with Crippen molar-refractivity contribution in [3.63, 3.8) is 0 Å². The van der Waals surface area contributed by atoms with Gasteiger partial charge in [-0.1, -0.05) is 23.7 Å². The fourth-order valence-corrected chi connectivity index (χ4v) is 4.70. The maximum Gasteiger partial charge on any atom is 0.231 e. The van der Waals surface area contributed by atoms with E-state index in [1.807, 2.05) is 48.2 Å². The van der Waals surface area contributed by atoms with Crippen LogP contribution in [-0.2, 0) is 4.79 Å². The Morgan fingerprint density at radius 3 is 2.74 bits per heavy atom. The summed E-state index contributed by atoms with van der Waals surface area (Å²) in [5.74, 6) is 1.06. The van der Waals surface area contributed by atoms with Crippen LogP contribution >= 0.6 is 11.6 Å². The Bertz CT molecular complexity index is 1230. The van der Waals surface area contributed by atoms with Gasteiger partial charge in [-0.05, 0) is 55.2 Å². The second kappa shape index (κ2) is 7.36. The Labute approximate surface area is 185 Å². The summed E-state index contributed by atoms with van der Waals surface area (Å²) in [5, 5.41) is 10.7.